The summed E-state index contributed by atoms with van der Waals surface area (Å²) in [6.45, 7) is 2.84. The van der Waals surface area contributed by atoms with E-state index in [1.54, 1.807) is 11.8 Å². The Hall–Kier alpha value is -1.39. The summed E-state index contributed by atoms with van der Waals surface area (Å²) in [7, 11) is 0. The zero-order valence-corrected chi connectivity index (χ0v) is 15.1. The lowest BCUT2D eigenvalue weighted by Crippen LogP contribution is -2.27. The summed E-state index contributed by atoms with van der Waals surface area (Å²) in [6, 6.07) is 18.9. The van der Waals surface area contributed by atoms with E-state index in [2.05, 4.69) is 48.6 Å². The van der Waals surface area contributed by atoms with Crippen LogP contribution >= 0.6 is 23.5 Å². The molecule has 1 amide bonds. The van der Waals surface area contributed by atoms with Gasteiger partial charge in [0, 0.05) is 23.8 Å². The van der Waals surface area contributed by atoms with Crippen molar-refractivity contribution in [2.75, 3.05) is 18.1 Å². The SMILES string of the molecule is Cc1ccc(CSCCNC(=O)CSCc2ccccc2)cc1. The van der Waals surface area contributed by atoms with Gasteiger partial charge in [-0.25, -0.2) is 0 Å². The molecule has 2 aromatic rings. The molecule has 2 nitrogen and oxygen atoms in total. The van der Waals surface area contributed by atoms with E-state index in [0.717, 1.165) is 23.8 Å². The number of nitrogens with one attached hydrogen (secondary N) is 1. The van der Waals surface area contributed by atoms with E-state index in [1.165, 1.54) is 16.7 Å². The Bertz CT molecular complexity index is 584. The highest BCUT2D eigenvalue weighted by atomic mass is 32.2. The normalized spacial score (nSPS) is 10.5. The van der Waals surface area contributed by atoms with E-state index in [0.29, 0.717) is 5.75 Å². The molecule has 0 heterocycles. The molecule has 0 aromatic heterocycles. The number of carbonyl (C=O) groups is 1. The van der Waals surface area contributed by atoms with Crippen LogP contribution in [0.25, 0.3) is 0 Å². The molecular formula is C19H23NOS2. The highest BCUT2D eigenvalue weighted by Crippen LogP contribution is 2.13. The molecule has 23 heavy (non-hydrogen) atoms. The van der Waals surface area contributed by atoms with Gasteiger partial charge in [0.1, 0.15) is 0 Å². The smallest absolute Gasteiger partial charge is 0.230 e. The van der Waals surface area contributed by atoms with E-state index in [-0.39, 0.29) is 5.91 Å². The minimum absolute atomic E-state index is 0.127. The number of hydrogen-bond acceptors (Lipinski definition) is 3. The Morgan fingerprint density at radius 2 is 1.57 bits per heavy atom. The molecule has 0 fully saturated rings. The Balaban J connectivity index is 1.50. The highest BCUT2D eigenvalue weighted by Gasteiger charge is 2.01. The van der Waals surface area contributed by atoms with Crippen LogP contribution in [0.1, 0.15) is 16.7 Å². The van der Waals surface area contributed by atoms with Gasteiger partial charge in [0.05, 0.1) is 5.75 Å². The number of hydrogen-bond donors (Lipinski definition) is 1. The van der Waals surface area contributed by atoms with Gasteiger partial charge < -0.3 is 5.32 Å². The first-order valence-electron chi connectivity index (χ1n) is 7.76. The molecule has 0 saturated carbocycles. The van der Waals surface area contributed by atoms with Gasteiger partial charge in [-0.2, -0.15) is 11.8 Å². The summed E-state index contributed by atoms with van der Waals surface area (Å²) in [4.78, 5) is 11.8. The van der Waals surface area contributed by atoms with Gasteiger partial charge in [-0.15, -0.1) is 11.8 Å². The average Bonchev–Trinajstić information content (AvgIpc) is 2.57. The van der Waals surface area contributed by atoms with Crippen LogP contribution in [0, 0.1) is 6.92 Å². The van der Waals surface area contributed by atoms with Crippen molar-refractivity contribution in [3.05, 3.63) is 71.3 Å². The van der Waals surface area contributed by atoms with Gasteiger partial charge >= 0.3 is 0 Å². The van der Waals surface area contributed by atoms with Crippen molar-refractivity contribution in [1.82, 2.24) is 5.32 Å². The second-order valence-electron chi connectivity index (χ2n) is 5.37. The maximum Gasteiger partial charge on any atom is 0.230 e. The predicted octanol–water partition coefficient (Wildman–Crippen LogP) is 4.28. The lowest BCUT2D eigenvalue weighted by molar-refractivity contribution is -0.118. The lowest BCUT2D eigenvalue weighted by atomic mass is 10.2. The highest BCUT2D eigenvalue weighted by molar-refractivity contribution is 7.99. The molecule has 0 aliphatic carbocycles. The van der Waals surface area contributed by atoms with Gasteiger partial charge in [0.15, 0.2) is 0 Å². The standard InChI is InChI=1S/C19H23NOS2/c1-16-7-9-18(10-8-16)13-22-12-11-20-19(21)15-23-14-17-5-3-2-4-6-17/h2-10H,11-15H2,1H3,(H,20,21). The summed E-state index contributed by atoms with van der Waals surface area (Å²) in [5.74, 6) is 3.48. The zero-order valence-electron chi connectivity index (χ0n) is 13.5. The van der Waals surface area contributed by atoms with Crippen LogP contribution in [-0.4, -0.2) is 24.0 Å². The third-order valence-electron chi connectivity index (χ3n) is 3.30. The molecule has 122 valence electrons. The molecule has 2 rings (SSSR count). The zero-order chi connectivity index (χ0) is 16.3. The number of benzene rings is 2. The van der Waals surface area contributed by atoms with Crippen molar-refractivity contribution in [1.29, 1.82) is 0 Å². The van der Waals surface area contributed by atoms with Crippen molar-refractivity contribution in [2.45, 2.75) is 18.4 Å². The van der Waals surface area contributed by atoms with E-state index in [9.17, 15) is 4.79 Å². The summed E-state index contributed by atoms with van der Waals surface area (Å²) >= 11 is 3.51. The molecule has 0 unspecified atom stereocenters. The van der Waals surface area contributed by atoms with Crippen LogP contribution in [0.4, 0.5) is 0 Å². The minimum Gasteiger partial charge on any atom is -0.355 e. The minimum atomic E-state index is 0.127. The second-order valence-corrected chi connectivity index (χ2v) is 7.46. The molecule has 0 spiro atoms. The van der Waals surface area contributed by atoms with Gasteiger partial charge in [-0.3, -0.25) is 4.79 Å². The molecule has 0 radical (unpaired) electrons. The second kappa shape index (κ2) is 10.4. The molecule has 0 bridgehead atoms. The quantitative estimate of drug-likeness (QED) is 0.688. The molecule has 4 heteroatoms. The fraction of sp³-hybridized carbons (Fsp3) is 0.316. The Labute approximate surface area is 147 Å². The number of carbonyl (C=O) groups excluding carboxylic acids is 1. The van der Waals surface area contributed by atoms with Crippen molar-refractivity contribution >= 4 is 29.4 Å². The largest absolute Gasteiger partial charge is 0.355 e. The number of thioether (sulfide) groups is 2. The molecule has 0 aliphatic heterocycles. The van der Waals surface area contributed by atoms with Crippen LogP contribution in [-0.2, 0) is 16.3 Å². The Kier molecular flexibility index (Phi) is 8.12. The fourth-order valence-corrected chi connectivity index (χ4v) is 3.66. The first kappa shape index (κ1) is 18.0. The van der Waals surface area contributed by atoms with Crippen LogP contribution in [0.15, 0.2) is 54.6 Å². The molecule has 0 atom stereocenters. The monoisotopic (exact) mass is 345 g/mol. The van der Waals surface area contributed by atoms with Gasteiger partial charge in [-0.1, -0.05) is 60.2 Å². The van der Waals surface area contributed by atoms with Crippen LogP contribution in [0.5, 0.6) is 0 Å². The third kappa shape index (κ3) is 7.62. The Morgan fingerprint density at radius 1 is 0.913 bits per heavy atom. The molecule has 2 aromatic carbocycles. The maximum absolute atomic E-state index is 11.8. The maximum atomic E-state index is 11.8. The van der Waals surface area contributed by atoms with E-state index in [1.807, 2.05) is 30.0 Å². The Morgan fingerprint density at radius 3 is 2.30 bits per heavy atom. The van der Waals surface area contributed by atoms with Crippen molar-refractivity contribution in [3.8, 4) is 0 Å². The summed E-state index contributed by atoms with van der Waals surface area (Å²) in [5, 5.41) is 2.98. The fourth-order valence-electron chi connectivity index (χ4n) is 2.02. The number of aryl methyl sites for hydroxylation is 1. The lowest BCUT2D eigenvalue weighted by Gasteiger charge is -2.06. The summed E-state index contributed by atoms with van der Waals surface area (Å²) < 4.78 is 0. The molecule has 1 N–H and O–H groups in total. The van der Waals surface area contributed by atoms with E-state index < -0.39 is 0 Å². The van der Waals surface area contributed by atoms with Crippen LogP contribution in [0.3, 0.4) is 0 Å². The average molecular weight is 346 g/mol. The van der Waals surface area contributed by atoms with Gasteiger partial charge in [0.2, 0.25) is 5.91 Å². The summed E-state index contributed by atoms with van der Waals surface area (Å²) in [6.07, 6.45) is 0. The van der Waals surface area contributed by atoms with Gasteiger partial charge in [0.25, 0.3) is 0 Å². The van der Waals surface area contributed by atoms with Crippen molar-refractivity contribution < 1.29 is 4.79 Å². The van der Waals surface area contributed by atoms with Crippen molar-refractivity contribution in [2.24, 2.45) is 0 Å². The topological polar surface area (TPSA) is 29.1 Å². The van der Waals surface area contributed by atoms with Crippen LogP contribution in [0.2, 0.25) is 0 Å². The molecule has 0 saturated heterocycles. The van der Waals surface area contributed by atoms with E-state index >= 15 is 0 Å². The predicted molar refractivity (Wildman–Crippen MR) is 103 cm³/mol. The molecular weight excluding hydrogens is 322 g/mol. The van der Waals surface area contributed by atoms with Gasteiger partial charge in [-0.05, 0) is 18.1 Å². The van der Waals surface area contributed by atoms with Crippen molar-refractivity contribution in [3.63, 3.8) is 0 Å². The van der Waals surface area contributed by atoms with Crippen LogP contribution < -0.4 is 5.32 Å². The molecule has 0 aliphatic rings. The number of amides is 1. The first-order chi connectivity index (χ1) is 11.2. The van der Waals surface area contributed by atoms with E-state index in [4.69, 9.17) is 0 Å². The number of rotatable bonds is 9. The summed E-state index contributed by atoms with van der Waals surface area (Å²) in [5.41, 5.74) is 3.89. The first-order valence-corrected chi connectivity index (χ1v) is 10.1. The third-order valence-corrected chi connectivity index (χ3v) is 5.34.